The molecule has 2 N–H and O–H groups in total. The van der Waals surface area contributed by atoms with Gasteiger partial charge in [0.1, 0.15) is 5.69 Å². The molecule has 0 radical (unpaired) electrons. The Hall–Kier alpha value is -2.86. The van der Waals surface area contributed by atoms with E-state index in [-0.39, 0.29) is 11.9 Å². The number of furan rings is 1. The minimum absolute atomic E-state index is 0.0452. The number of aromatic nitrogens is 2. The Balaban J connectivity index is 1.54. The molecule has 0 spiro atoms. The number of carbonyl (C=O) groups excluding carboxylic acids is 1. The number of likely N-dealkylation sites (N-methyl/N-ethyl adjacent to an activating group) is 1. The van der Waals surface area contributed by atoms with E-state index < -0.39 is 0 Å². The van der Waals surface area contributed by atoms with Crippen molar-refractivity contribution in [3.8, 4) is 11.5 Å². The van der Waals surface area contributed by atoms with Crippen molar-refractivity contribution in [3.05, 3.63) is 65.5 Å². The molecule has 2 aromatic heterocycles. The van der Waals surface area contributed by atoms with Crippen LogP contribution in [-0.4, -0.2) is 34.6 Å². The van der Waals surface area contributed by atoms with E-state index in [2.05, 4.69) is 39.6 Å². The summed E-state index contributed by atoms with van der Waals surface area (Å²) >= 11 is 0. The van der Waals surface area contributed by atoms with Crippen LogP contribution in [0.5, 0.6) is 0 Å². The van der Waals surface area contributed by atoms with Crippen LogP contribution >= 0.6 is 0 Å². The zero-order valence-corrected chi connectivity index (χ0v) is 13.3. The first-order chi connectivity index (χ1) is 11.7. The minimum Gasteiger partial charge on any atom is -0.463 e. The van der Waals surface area contributed by atoms with Crippen molar-refractivity contribution in [2.24, 2.45) is 0 Å². The van der Waals surface area contributed by atoms with Crippen molar-refractivity contribution in [2.75, 3.05) is 13.6 Å². The maximum absolute atomic E-state index is 12.6. The molecule has 0 fully saturated rings. The van der Waals surface area contributed by atoms with Crippen LogP contribution in [0.25, 0.3) is 11.5 Å². The van der Waals surface area contributed by atoms with Crippen LogP contribution < -0.4 is 5.32 Å². The van der Waals surface area contributed by atoms with Crippen LogP contribution in [0.1, 0.15) is 27.7 Å². The van der Waals surface area contributed by atoms with Crippen molar-refractivity contribution < 1.29 is 9.21 Å². The Morgan fingerprint density at radius 2 is 2.21 bits per heavy atom. The second kappa shape index (κ2) is 5.98. The van der Waals surface area contributed by atoms with Crippen molar-refractivity contribution >= 4 is 5.91 Å². The fourth-order valence-corrected chi connectivity index (χ4v) is 3.14. The highest BCUT2D eigenvalue weighted by Gasteiger charge is 2.25. The summed E-state index contributed by atoms with van der Waals surface area (Å²) in [4.78, 5) is 14.8. The third-order valence-corrected chi connectivity index (χ3v) is 4.27. The molecule has 3 aromatic rings. The van der Waals surface area contributed by atoms with Gasteiger partial charge in [-0.05, 0) is 30.3 Å². The topological polar surface area (TPSA) is 74.2 Å². The molecule has 1 aliphatic heterocycles. The SMILES string of the molecule is CN1Cc2ccccc2C(NC(=O)c2cc(-c3ccco3)[nH]n2)C1. The summed E-state index contributed by atoms with van der Waals surface area (Å²) in [6.07, 6.45) is 1.59. The van der Waals surface area contributed by atoms with E-state index in [0.717, 1.165) is 13.1 Å². The van der Waals surface area contributed by atoms with E-state index in [1.807, 2.05) is 18.2 Å². The largest absolute Gasteiger partial charge is 0.463 e. The average molecular weight is 322 g/mol. The third-order valence-electron chi connectivity index (χ3n) is 4.27. The number of nitrogens with one attached hydrogen (secondary N) is 2. The van der Waals surface area contributed by atoms with E-state index in [4.69, 9.17) is 4.42 Å². The molecule has 6 nitrogen and oxygen atoms in total. The summed E-state index contributed by atoms with van der Waals surface area (Å²) < 4.78 is 5.31. The molecular weight excluding hydrogens is 304 g/mol. The number of benzene rings is 1. The lowest BCUT2D eigenvalue weighted by molar-refractivity contribution is 0.0917. The van der Waals surface area contributed by atoms with Gasteiger partial charge in [-0.25, -0.2) is 0 Å². The second-order valence-electron chi connectivity index (χ2n) is 6.07. The van der Waals surface area contributed by atoms with Gasteiger partial charge in [-0.3, -0.25) is 14.8 Å². The number of H-pyrrole nitrogens is 1. The Bertz CT molecular complexity index is 854. The Labute approximate surface area is 139 Å². The molecule has 122 valence electrons. The molecule has 3 heterocycles. The maximum Gasteiger partial charge on any atom is 0.272 e. The molecule has 0 saturated heterocycles. The smallest absolute Gasteiger partial charge is 0.272 e. The van der Waals surface area contributed by atoms with Gasteiger partial charge in [0.15, 0.2) is 11.5 Å². The average Bonchev–Trinajstić information content (AvgIpc) is 3.26. The van der Waals surface area contributed by atoms with E-state index in [9.17, 15) is 4.79 Å². The van der Waals surface area contributed by atoms with Crippen molar-refractivity contribution in [2.45, 2.75) is 12.6 Å². The number of amides is 1. The van der Waals surface area contributed by atoms with Gasteiger partial charge in [0, 0.05) is 19.2 Å². The summed E-state index contributed by atoms with van der Waals surface area (Å²) in [6.45, 7) is 1.67. The Morgan fingerprint density at radius 1 is 1.33 bits per heavy atom. The van der Waals surface area contributed by atoms with Gasteiger partial charge in [-0.2, -0.15) is 5.10 Å². The molecule has 1 unspecified atom stereocenters. The maximum atomic E-state index is 12.6. The number of hydrogen-bond donors (Lipinski definition) is 2. The first-order valence-electron chi connectivity index (χ1n) is 7.87. The van der Waals surface area contributed by atoms with Crippen LogP contribution in [0.15, 0.2) is 53.1 Å². The standard InChI is InChI=1S/C18H18N4O2/c1-22-10-12-5-2-3-6-13(12)16(11-22)19-18(23)15-9-14(20-21-15)17-7-4-8-24-17/h2-9,16H,10-11H2,1H3,(H,19,23)(H,20,21). The monoisotopic (exact) mass is 322 g/mol. The summed E-state index contributed by atoms with van der Waals surface area (Å²) in [5.41, 5.74) is 3.46. The first-order valence-corrected chi connectivity index (χ1v) is 7.87. The van der Waals surface area contributed by atoms with Crippen LogP contribution in [-0.2, 0) is 6.54 Å². The summed E-state index contributed by atoms with van der Waals surface area (Å²) in [5, 5.41) is 10.0. The number of carbonyl (C=O) groups is 1. The first kappa shape index (κ1) is 14.7. The van der Waals surface area contributed by atoms with Gasteiger partial charge in [0.25, 0.3) is 5.91 Å². The third kappa shape index (κ3) is 2.72. The van der Waals surface area contributed by atoms with E-state index in [0.29, 0.717) is 17.1 Å². The fraction of sp³-hybridized carbons (Fsp3) is 0.222. The summed E-state index contributed by atoms with van der Waals surface area (Å²) in [5.74, 6) is 0.462. The van der Waals surface area contributed by atoms with Gasteiger partial charge in [0.2, 0.25) is 0 Å². The summed E-state index contributed by atoms with van der Waals surface area (Å²) in [6, 6.07) is 13.5. The molecule has 6 heteroatoms. The number of fused-ring (bicyclic) bond motifs is 1. The van der Waals surface area contributed by atoms with Crippen molar-refractivity contribution in [3.63, 3.8) is 0 Å². The molecule has 1 atom stereocenters. The molecule has 0 saturated carbocycles. The second-order valence-corrected chi connectivity index (χ2v) is 6.07. The highest BCUT2D eigenvalue weighted by atomic mass is 16.3. The highest BCUT2D eigenvalue weighted by molar-refractivity contribution is 5.93. The quantitative estimate of drug-likeness (QED) is 0.777. The van der Waals surface area contributed by atoms with Crippen molar-refractivity contribution in [1.82, 2.24) is 20.4 Å². The minimum atomic E-state index is -0.195. The Kier molecular flexibility index (Phi) is 3.66. The van der Waals surface area contributed by atoms with Crippen LogP contribution in [0, 0.1) is 0 Å². The molecule has 1 aliphatic rings. The summed E-state index contributed by atoms with van der Waals surface area (Å²) in [7, 11) is 2.05. The lowest BCUT2D eigenvalue weighted by atomic mass is 9.95. The van der Waals surface area contributed by atoms with Gasteiger partial charge < -0.3 is 9.73 Å². The molecular formula is C18H18N4O2. The molecule has 24 heavy (non-hydrogen) atoms. The van der Waals surface area contributed by atoms with Gasteiger partial charge in [-0.15, -0.1) is 0 Å². The normalized spacial score (nSPS) is 17.5. The zero-order chi connectivity index (χ0) is 16.5. The van der Waals surface area contributed by atoms with E-state index in [1.165, 1.54) is 11.1 Å². The molecule has 0 bridgehead atoms. The predicted molar refractivity (Wildman–Crippen MR) is 89.3 cm³/mol. The molecule has 1 amide bonds. The van der Waals surface area contributed by atoms with Crippen molar-refractivity contribution in [1.29, 1.82) is 0 Å². The predicted octanol–water partition coefficient (Wildman–Crippen LogP) is 2.59. The fourth-order valence-electron chi connectivity index (χ4n) is 3.14. The lowest BCUT2D eigenvalue weighted by Gasteiger charge is -2.32. The van der Waals surface area contributed by atoms with Gasteiger partial charge in [-0.1, -0.05) is 24.3 Å². The number of nitrogens with zero attached hydrogens (tertiary/aromatic N) is 2. The van der Waals surface area contributed by atoms with E-state index >= 15 is 0 Å². The van der Waals surface area contributed by atoms with Gasteiger partial charge >= 0.3 is 0 Å². The molecule has 0 aliphatic carbocycles. The van der Waals surface area contributed by atoms with Crippen LogP contribution in [0.4, 0.5) is 0 Å². The molecule has 1 aromatic carbocycles. The van der Waals surface area contributed by atoms with Crippen LogP contribution in [0.2, 0.25) is 0 Å². The van der Waals surface area contributed by atoms with Crippen LogP contribution in [0.3, 0.4) is 0 Å². The highest BCUT2D eigenvalue weighted by Crippen LogP contribution is 2.26. The number of hydrogen-bond acceptors (Lipinski definition) is 4. The van der Waals surface area contributed by atoms with Gasteiger partial charge in [0.05, 0.1) is 12.3 Å². The number of rotatable bonds is 3. The zero-order valence-electron chi connectivity index (χ0n) is 13.3. The molecule has 4 rings (SSSR count). The van der Waals surface area contributed by atoms with E-state index in [1.54, 1.807) is 18.4 Å². The number of aromatic amines is 1. The lowest BCUT2D eigenvalue weighted by Crippen LogP contribution is -2.40. The Morgan fingerprint density at radius 3 is 3.04 bits per heavy atom.